The Morgan fingerprint density at radius 2 is 2.29 bits per heavy atom. The zero-order chi connectivity index (χ0) is 10.3. The van der Waals surface area contributed by atoms with Crippen LogP contribution in [0.15, 0.2) is 0 Å². The lowest BCUT2D eigenvalue weighted by atomic mass is 10.0. The first-order valence-corrected chi connectivity index (χ1v) is 5.80. The third kappa shape index (κ3) is 4.40. The van der Waals surface area contributed by atoms with E-state index in [4.69, 9.17) is 4.74 Å². The van der Waals surface area contributed by atoms with Crippen LogP contribution in [0, 0.1) is 0 Å². The maximum absolute atomic E-state index is 5.50. The van der Waals surface area contributed by atoms with Gasteiger partial charge in [0.05, 0.1) is 6.61 Å². The summed E-state index contributed by atoms with van der Waals surface area (Å²) in [6.07, 6.45) is 3.62. The van der Waals surface area contributed by atoms with Crippen LogP contribution in [0.4, 0.5) is 0 Å². The van der Waals surface area contributed by atoms with Gasteiger partial charge in [-0.1, -0.05) is 13.3 Å². The summed E-state index contributed by atoms with van der Waals surface area (Å²) in [6.45, 7) is 9.42. The van der Waals surface area contributed by atoms with E-state index in [0.29, 0.717) is 5.54 Å². The van der Waals surface area contributed by atoms with Crippen LogP contribution >= 0.6 is 0 Å². The van der Waals surface area contributed by atoms with Crippen molar-refractivity contribution in [2.45, 2.75) is 38.6 Å². The molecule has 0 amide bonds. The molecule has 1 aliphatic rings. The van der Waals surface area contributed by atoms with Crippen molar-refractivity contribution in [3.05, 3.63) is 0 Å². The topological polar surface area (TPSA) is 33.3 Å². The van der Waals surface area contributed by atoms with Gasteiger partial charge in [0.15, 0.2) is 0 Å². The SMILES string of the molecule is CCCCOCCNC1(C)CCNC1. The molecule has 1 saturated heterocycles. The highest BCUT2D eigenvalue weighted by atomic mass is 16.5. The van der Waals surface area contributed by atoms with Gasteiger partial charge in [-0.3, -0.25) is 0 Å². The van der Waals surface area contributed by atoms with Crippen molar-refractivity contribution in [2.24, 2.45) is 0 Å². The predicted octanol–water partition coefficient (Wildman–Crippen LogP) is 1.14. The molecule has 0 aromatic rings. The minimum atomic E-state index is 0.300. The maximum Gasteiger partial charge on any atom is 0.0591 e. The molecule has 0 aliphatic carbocycles. The summed E-state index contributed by atoms with van der Waals surface area (Å²) in [6, 6.07) is 0. The second kappa shape index (κ2) is 6.38. The Morgan fingerprint density at radius 1 is 1.43 bits per heavy atom. The third-order valence-corrected chi connectivity index (χ3v) is 2.81. The van der Waals surface area contributed by atoms with Crippen molar-refractivity contribution in [2.75, 3.05) is 32.8 Å². The van der Waals surface area contributed by atoms with Crippen molar-refractivity contribution in [1.82, 2.24) is 10.6 Å². The second-order valence-electron chi connectivity index (χ2n) is 4.38. The molecule has 3 nitrogen and oxygen atoms in total. The van der Waals surface area contributed by atoms with Crippen LogP contribution < -0.4 is 10.6 Å². The van der Waals surface area contributed by atoms with E-state index in [1.165, 1.54) is 19.3 Å². The summed E-state index contributed by atoms with van der Waals surface area (Å²) < 4.78 is 5.50. The standard InChI is InChI=1S/C11H24N2O/c1-3-4-8-14-9-7-13-11(2)5-6-12-10-11/h12-13H,3-10H2,1-2H3. The van der Waals surface area contributed by atoms with Crippen LogP contribution in [0.1, 0.15) is 33.1 Å². The van der Waals surface area contributed by atoms with Gasteiger partial charge in [-0.05, 0) is 26.3 Å². The largest absolute Gasteiger partial charge is 0.380 e. The molecule has 0 saturated carbocycles. The van der Waals surface area contributed by atoms with Crippen LogP contribution in [-0.4, -0.2) is 38.4 Å². The lowest BCUT2D eigenvalue weighted by Gasteiger charge is -2.24. The molecule has 0 aromatic carbocycles. The Hall–Kier alpha value is -0.120. The van der Waals surface area contributed by atoms with Gasteiger partial charge in [-0.15, -0.1) is 0 Å². The molecular formula is C11H24N2O. The molecule has 1 rings (SSSR count). The molecule has 14 heavy (non-hydrogen) atoms. The minimum Gasteiger partial charge on any atom is -0.380 e. The summed E-state index contributed by atoms with van der Waals surface area (Å²) in [5, 5.41) is 6.92. The predicted molar refractivity (Wildman–Crippen MR) is 59.6 cm³/mol. The molecule has 1 unspecified atom stereocenters. The van der Waals surface area contributed by atoms with Crippen LogP contribution in [0.3, 0.4) is 0 Å². The van der Waals surface area contributed by atoms with Crippen LogP contribution in [-0.2, 0) is 4.74 Å². The van der Waals surface area contributed by atoms with Gasteiger partial charge in [0.2, 0.25) is 0 Å². The smallest absolute Gasteiger partial charge is 0.0591 e. The summed E-state index contributed by atoms with van der Waals surface area (Å²) in [5.41, 5.74) is 0.300. The van der Waals surface area contributed by atoms with Crippen LogP contribution in [0.25, 0.3) is 0 Å². The molecule has 1 aliphatic heterocycles. The Bertz CT molecular complexity index is 144. The van der Waals surface area contributed by atoms with E-state index in [9.17, 15) is 0 Å². The summed E-state index contributed by atoms with van der Waals surface area (Å²) in [7, 11) is 0. The normalized spacial score (nSPS) is 27.0. The van der Waals surface area contributed by atoms with Gasteiger partial charge in [-0.2, -0.15) is 0 Å². The lowest BCUT2D eigenvalue weighted by Crippen LogP contribution is -2.45. The first kappa shape index (κ1) is 12.0. The fourth-order valence-corrected chi connectivity index (χ4v) is 1.74. The van der Waals surface area contributed by atoms with Gasteiger partial charge < -0.3 is 15.4 Å². The van der Waals surface area contributed by atoms with Crippen molar-refractivity contribution in [3.63, 3.8) is 0 Å². The Kier molecular flexibility index (Phi) is 5.45. The van der Waals surface area contributed by atoms with Crippen LogP contribution in [0.5, 0.6) is 0 Å². The average molecular weight is 200 g/mol. The van der Waals surface area contributed by atoms with Gasteiger partial charge in [0, 0.05) is 25.2 Å². The quantitative estimate of drug-likeness (QED) is 0.605. The minimum absolute atomic E-state index is 0.300. The second-order valence-corrected chi connectivity index (χ2v) is 4.38. The highest BCUT2D eigenvalue weighted by Gasteiger charge is 2.26. The molecule has 0 radical (unpaired) electrons. The highest BCUT2D eigenvalue weighted by Crippen LogP contribution is 2.12. The number of hydrogen-bond acceptors (Lipinski definition) is 3. The molecule has 0 bridgehead atoms. The fraction of sp³-hybridized carbons (Fsp3) is 1.00. The summed E-state index contributed by atoms with van der Waals surface area (Å²) in [4.78, 5) is 0. The van der Waals surface area contributed by atoms with E-state index in [-0.39, 0.29) is 0 Å². The molecule has 2 N–H and O–H groups in total. The zero-order valence-corrected chi connectivity index (χ0v) is 9.57. The molecule has 1 heterocycles. The van der Waals surface area contributed by atoms with Gasteiger partial charge in [0.25, 0.3) is 0 Å². The van der Waals surface area contributed by atoms with E-state index in [2.05, 4.69) is 24.5 Å². The zero-order valence-electron chi connectivity index (χ0n) is 9.57. The van der Waals surface area contributed by atoms with Crippen LogP contribution in [0.2, 0.25) is 0 Å². The average Bonchev–Trinajstić information content (AvgIpc) is 2.59. The molecule has 1 fully saturated rings. The number of rotatable bonds is 7. The molecular weight excluding hydrogens is 176 g/mol. The van der Waals surface area contributed by atoms with E-state index in [1.807, 2.05) is 0 Å². The monoisotopic (exact) mass is 200 g/mol. The van der Waals surface area contributed by atoms with Crippen molar-refractivity contribution in [3.8, 4) is 0 Å². The number of unbranched alkanes of at least 4 members (excludes halogenated alkanes) is 1. The molecule has 0 aromatic heterocycles. The van der Waals surface area contributed by atoms with Crippen molar-refractivity contribution < 1.29 is 4.74 Å². The molecule has 3 heteroatoms. The number of ether oxygens (including phenoxy) is 1. The molecule has 0 spiro atoms. The fourth-order valence-electron chi connectivity index (χ4n) is 1.74. The summed E-state index contributed by atoms with van der Waals surface area (Å²) >= 11 is 0. The lowest BCUT2D eigenvalue weighted by molar-refractivity contribution is 0.127. The van der Waals surface area contributed by atoms with E-state index < -0.39 is 0 Å². The van der Waals surface area contributed by atoms with Gasteiger partial charge in [0.1, 0.15) is 0 Å². The van der Waals surface area contributed by atoms with E-state index >= 15 is 0 Å². The molecule has 1 atom stereocenters. The van der Waals surface area contributed by atoms with Crippen molar-refractivity contribution in [1.29, 1.82) is 0 Å². The maximum atomic E-state index is 5.50. The number of nitrogens with one attached hydrogen (secondary N) is 2. The highest BCUT2D eigenvalue weighted by molar-refractivity contribution is 4.91. The first-order valence-electron chi connectivity index (χ1n) is 5.80. The van der Waals surface area contributed by atoms with E-state index in [1.54, 1.807) is 0 Å². The van der Waals surface area contributed by atoms with Gasteiger partial charge in [-0.25, -0.2) is 0 Å². The first-order chi connectivity index (χ1) is 6.77. The Morgan fingerprint density at radius 3 is 2.93 bits per heavy atom. The molecule has 84 valence electrons. The number of hydrogen-bond donors (Lipinski definition) is 2. The van der Waals surface area contributed by atoms with Crippen molar-refractivity contribution >= 4 is 0 Å². The Labute approximate surface area is 87.6 Å². The van der Waals surface area contributed by atoms with E-state index in [0.717, 1.165) is 32.8 Å². The third-order valence-electron chi connectivity index (χ3n) is 2.81. The van der Waals surface area contributed by atoms with Gasteiger partial charge >= 0.3 is 0 Å². The Balaban J connectivity index is 1.92. The summed E-state index contributed by atoms with van der Waals surface area (Å²) in [5.74, 6) is 0.